The predicted molar refractivity (Wildman–Crippen MR) is 102 cm³/mol. The van der Waals surface area contributed by atoms with E-state index < -0.39 is 0 Å². The summed E-state index contributed by atoms with van der Waals surface area (Å²) in [4.78, 5) is 12.4. The Labute approximate surface area is 150 Å². The standard InChI is InChI=1S/C23H28O2/c24-17-19-10-11-22(16-19)20-12-14-21(15-13-20)23(25)9-5-4-8-18-6-2-1-3-7-18/h1-3,6-7,12-15,19,22,24H,4-5,8-11,16-17H2/t19-,22+/m0/s1. The van der Waals surface area contributed by atoms with Gasteiger partial charge in [0.05, 0.1) is 0 Å². The van der Waals surface area contributed by atoms with E-state index >= 15 is 0 Å². The Morgan fingerprint density at radius 1 is 0.960 bits per heavy atom. The number of ketones is 1. The molecule has 0 saturated heterocycles. The molecule has 1 saturated carbocycles. The number of Topliss-reactive ketones (excluding diaryl/α,β-unsaturated/α-hetero) is 1. The molecular formula is C23H28O2. The highest BCUT2D eigenvalue weighted by atomic mass is 16.3. The van der Waals surface area contributed by atoms with Gasteiger partial charge in [-0.05, 0) is 61.5 Å². The molecule has 0 aliphatic heterocycles. The summed E-state index contributed by atoms with van der Waals surface area (Å²) in [6, 6.07) is 18.7. The minimum Gasteiger partial charge on any atom is -0.396 e. The van der Waals surface area contributed by atoms with Gasteiger partial charge in [0.15, 0.2) is 5.78 Å². The van der Waals surface area contributed by atoms with Crippen LogP contribution in [0.4, 0.5) is 0 Å². The van der Waals surface area contributed by atoms with Gasteiger partial charge in [-0.15, -0.1) is 0 Å². The Bertz CT molecular complexity index is 660. The molecule has 2 heteroatoms. The number of rotatable bonds is 8. The molecule has 132 valence electrons. The van der Waals surface area contributed by atoms with Crippen molar-refractivity contribution in [3.8, 4) is 0 Å². The first-order valence-corrected chi connectivity index (χ1v) is 9.54. The van der Waals surface area contributed by atoms with Crippen molar-refractivity contribution in [3.63, 3.8) is 0 Å². The number of aliphatic hydroxyl groups is 1. The van der Waals surface area contributed by atoms with Crippen LogP contribution >= 0.6 is 0 Å². The third kappa shape index (κ3) is 5.02. The van der Waals surface area contributed by atoms with Crippen molar-refractivity contribution in [2.45, 2.75) is 50.9 Å². The molecule has 2 atom stereocenters. The van der Waals surface area contributed by atoms with Crippen molar-refractivity contribution in [2.24, 2.45) is 5.92 Å². The third-order valence-electron chi connectivity index (χ3n) is 5.47. The van der Waals surface area contributed by atoms with Crippen LogP contribution in [0.1, 0.15) is 65.9 Å². The largest absolute Gasteiger partial charge is 0.396 e. The number of aryl methyl sites for hydroxylation is 1. The average molecular weight is 336 g/mol. The van der Waals surface area contributed by atoms with E-state index in [-0.39, 0.29) is 5.78 Å². The molecule has 0 spiro atoms. The van der Waals surface area contributed by atoms with Crippen molar-refractivity contribution in [1.82, 2.24) is 0 Å². The summed E-state index contributed by atoms with van der Waals surface area (Å²) in [5.41, 5.74) is 3.49. The van der Waals surface area contributed by atoms with Gasteiger partial charge in [-0.25, -0.2) is 0 Å². The molecule has 1 N–H and O–H groups in total. The molecule has 1 aliphatic rings. The maximum Gasteiger partial charge on any atom is 0.162 e. The molecule has 1 fully saturated rings. The van der Waals surface area contributed by atoms with Crippen LogP contribution in [0.2, 0.25) is 0 Å². The fourth-order valence-electron chi connectivity index (χ4n) is 3.89. The second kappa shape index (κ2) is 8.96. The lowest BCUT2D eigenvalue weighted by molar-refractivity contribution is 0.0979. The number of carbonyl (C=O) groups excluding carboxylic acids is 1. The Morgan fingerprint density at radius 2 is 1.72 bits per heavy atom. The SMILES string of the molecule is O=C(CCCCc1ccccc1)c1ccc([C@@H]2CC[C@H](CO)C2)cc1. The number of benzene rings is 2. The van der Waals surface area contributed by atoms with Gasteiger partial charge in [0.1, 0.15) is 0 Å². The third-order valence-corrected chi connectivity index (χ3v) is 5.47. The van der Waals surface area contributed by atoms with Crippen molar-refractivity contribution >= 4 is 5.78 Å². The lowest BCUT2D eigenvalue weighted by Gasteiger charge is -2.11. The quantitative estimate of drug-likeness (QED) is 0.534. The molecule has 2 nitrogen and oxygen atoms in total. The Hall–Kier alpha value is -1.93. The summed E-state index contributed by atoms with van der Waals surface area (Å²) in [6.07, 6.45) is 7.00. The second-order valence-electron chi connectivity index (χ2n) is 7.30. The summed E-state index contributed by atoms with van der Waals surface area (Å²) in [7, 11) is 0. The van der Waals surface area contributed by atoms with Crippen molar-refractivity contribution in [3.05, 3.63) is 71.3 Å². The van der Waals surface area contributed by atoms with E-state index in [2.05, 4.69) is 36.4 Å². The van der Waals surface area contributed by atoms with Crippen LogP contribution in [0.5, 0.6) is 0 Å². The van der Waals surface area contributed by atoms with Gasteiger partial charge in [-0.1, -0.05) is 54.6 Å². The second-order valence-corrected chi connectivity index (χ2v) is 7.30. The first kappa shape index (κ1) is 17.9. The van der Waals surface area contributed by atoms with Crippen LogP contribution < -0.4 is 0 Å². The van der Waals surface area contributed by atoms with Gasteiger partial charge in [0.25, 0.3) is 0 Å². The molecule has 0 aromatic heterocycles. The molecule has 25 heavy (non-hydrogen) atoms. The van der Waals surface area contributed by atoms with Crippen LogP contribution in [0.15, 0.2) is 54.6 Å². The zero-order chi connectivity index (χ0) is 17.5. The Kier molecular flexibility index (Phi) is 6.41. The maximum atomic E-state index is 12.4. The van der Waals surface area contributed by atoms with E-state index in [1.807, 2.05) is 18.2 Å². The Balaban J connectivity index is 1.44. The van der Waals surface area contributed by atoms with Crippen LogP contribution in [0.3, 0.4) is 0 Å². The highest BCUT2D eigenvalue weighted by Gasteiger charge is 2.25. The van der Waals surface area contributed by atoms with E-state index in [0.29, 0.717) is 24.9 Å². The smallest absolute Gasteiger partial charge is 0.162 e. The van der Waals surface area contributed by atoms with Crippen molar-refractivity contribution < 1.29 is 9.90 Å². The molecule has 2 aromatic carbocycles. The van der Waals surface area contributed by atoms with Crippen LogP contribution in [-0.4, -0.2) is 17.5 Å². The fraction of sp³-hybridized carbons (Fsp3) is 0.435. The normalized spacial score (nSPS) is 19.9. The van der Waals surface area contributed by atoms with Gasteiger partial charge in [0, 0.05) is 18.6 Å². The molecule has 0 heterocycles. The van der Waals surface area contributed by atoms with Crippen LogP contribution in [0, 0.1) is 5.92 Å². The van der Waals surface area contributed by atoms with Gasteiger partial charge >= 0.3 is 0 Å². The zero-order valence-corrected chi connectivity index (χ0v) is 14.9. The van der Waals surface area contributed by atoms with E-state index in [4.69, 9.17) is 0 Å². The number of unbranched alkanes of at least 4 members (excludes halogenated alkanes) is 1. The topological polar surface area (TPSA) is 37.3 Å². The van der Waals surface area contributed by atoms with Gasteiger partial charge in [-0.3, -0.25) is 4.79 Å². The van der Waals surface area contributed by atoms with E-state index in [0.717, 1.165) is 44.1 Å². The minimum absolute atomic E-state index is 0.249. The highest BCUT2D eigenvalue weighted by molar-refractivity contribution is 5.96. The summed E-state index contributed by atoms with van der Waals surface area (Å²) in [5.74, 6) is 1.25. The van der Waals surface area contributed by atoms with Gasteiger partial charge in [0.2, 0.25) is 0 Å². The number of carbonyl (C=O) groups is 1. The summed E-state index contributed by atoms with van der Waals surface area (Å²) < 4.78 is 0. The summed E-state index contributed by atoms with van der Waals surface area (Å²) >= 11 is 0. The van der Waals surface area contributed by atoms with E-state index in [1.54, 1.807) is 0 Å². The number of hydrogen-bond acceptors (Lipinski definition) is 2. The molecule has 0 unspecified atom stereocenters. The first-order valence-electron chi connectivity index (χ1n) is 9.54. The molecule has 0 amide bonds. The lowest BCUT2D eigenvalue weighted by Crippen LogP contribution is -2.02. The number of hydrogen-bond donors (Lipinski definition) is 1. The zero-order valence-electron chi connectivity index (χ0n) is 14.9. The van der Waals surface area contributed by atoms with Gasteiger partial charge < -0.3 is 5.11 Å². The monoisotopic (exact) mass is 336 g/mol. The van der Waals surface area contributed by atoms with E-state index in [1.165, 1.54) is 11.1 Å². The summed E-state index contributed by atoms with van der Waals surface area (Å²) in [6.45, 7) is 0.302. The Morgan fingerprint density at radius 3 is 2.40 bits per heavy atom. The molecular weight excluding hydrogens is 308 g/mol. The van der Waals surface area contributed by atoms with Crippen molar-refractivity contribution in [1.29, 1.82) is 0 Å². The first-order chi connectivity index (χ1) is 12.3. The lowest BCUT2D eigenvalue weighted by atomic mass is 9.94. The highest BCUT2D eigenvalue weighted by Crippen LogP contribution is 2.37. The fourth-order valence-corrected chi connectivity index (χ4v) is 3.89. The van der Waals surface area contributed by atoms with Gasteiger partial charge in [-0.2, -0.15) is 0 Å². The molecule has 2 aromatic rings. The average Bonchev–Trinajstić information content (AvgIpc) is 3.15. The predicted octanol–water partition coefficient (Wildman–Crippen LogP) is 5.16. The molecule has 1 aliphatic carbocycles. The van der Waals surface area contributed by atoms with E-state index in [9.17, 15) is 9.90 Å². The molecule has 0 radical (unpaired) electrons. The number of aliphatic hydroxyl groups excluding tert-OH is 1. The van der Waals surface area contributed by atoms with Crippen LogP contribution in [0.25, 0.3) is 0 Å². The molecule has 3 rings (SSSR count). The minimum atomic E-state index is 0.249. The maximum absolute atomic E-state index is 12.4. The molecule has 0 bridgehead atoms. The van der Waals surface area contributed by atoms with Crippen LogP contribution in [-0.2, 0) is 6.42 Å². The van der Waals surface area contributed by atoms with Crippen molar-refractivity contribution in [2.75, 3.05) is 6.61 Å². The summed E-state index contributed by atoms with van der Waals surface area (Å²) in [5, 5.41) is 9.28.